The number of rotatable bonds is 3. The van der Waals surface area contributed by atoms with Crippen LogP contribution >= 0.6 is 12.4 Å². The average Bonchev–Trinajstić information content (AvgIpc) is 2.03. The summed E-state index contributed by atoms with van der Waals surface area (Å²) in [5.74, 6) is 0. The third-order valence-electron chi connectivity index (χ3n) is 1.50. The van der Waals surface area contributed by atoms with Gasteiger partial charge in [-0.05, 0) is 25.3 Å². The maximum atomic E-state index is 5.60. The number of aromatic nitrogens is 2. The van der Waals surface area contributed by atoms with Crippen molar-refractivity contribution in [2.45, 2.75) is 25.8 Å². The molecule has 1 unspecified atom stereocenters. The molecule has 0 amide bonds. The Bertz CT molecular complexity index is 201. The summed E-state index contributed by atoms with van der Waals surface area (Å²) < 4.78 is 0. The molecule has 0 saturated carbocycles. The van der Waals surface area contributed by atoms with Gasteiger partial charge in [-0.2, -0.15) is 0 Å². The van der Waals surface area contributed by atoms with Gasteiger partial charge >= 0.3 is 0 Å². The molecule has 1 atom stereocenters. The second-order valence-electron chi connectivity index (χ2n) is 2.76. The van der Waals surface area contributed by atoms with E-state index in [9.17, 15) is 0 Å². The largest absolute Gasteiger partial charge is 0.328 e. The Hall–Kier alpha value is -0.670. The molecule has 0 saturated heterocycles. The summed E-state index contributed by atoms with van der Waals surface area (Å²) in [6.45, 7) is 2.00. The van der Waals surface area contributed by atoms with Gasteiger partial charge < -0.3 is 5.73 Å². The fraction of sp³-hybridized carbons (Fsp3) is 0.500. The summed E-state index contributed by atoms with van der Waals surface area (Å²) in [6, 6.07) is 0.259. The lowest BCUT2D eigenvalue weighted by Crippen LogP contribution is -2.15. The van der Waals surface area contributed by atoms with E-state index in [-0.39, 0.29) is 18.4 Å². The van der Waals surface area contributed by atoms with E-state index in [2.05, 4.69) is 9.97 Å². The van der Waals surface area contributed by atoms with Crippen molar-refractivity contribution in [3.63, 3.8) is 0 Å². The summed E-state index contributed by atoms with van der Waals surface area (Å²) in [6.07, 6.45) is 7.16. The Morgan fingerprint density at radius 3 is 2.50 bits per heavy atom. The Morgan fingerprint density at radius 1 is 1.42 bits per heavy atom. The van der Waals surface area contributed by atoms with Crippen LogP contribution in [0.1, 0.15) is 18.9 Å². The van der Waals surface area contributed by atoms with Crippen molar-refractivity contribution in [2.24, 2.45) is 5.73 Å². The highest BCUT2D eigenvalue weighted by Gasteiger charge is 1.95. The summed E-state index contributed by atoms with van der Waals surface area (Å²) in [5, 5.41) is 0. The zero-order valence-corrected chi connectivity index (χ0v) is 7.92. The van der Waals surface area contributed by atoms with Crippen molar-refractivity contribution in [1.29, 1.82) is 0 Å². The minimum absolute atomic E-state index is 0. The molecule has 1 rings (SSSR count). The highest BCUT2D eigenvalue weighted by Crippen LogP contribution is 1.99. The standard InChI is InChI=1S/C8H13N3.ClH/c1-7(9)2-3-8-4-10-6-11-5-8;/h4-7H,2-3,9H2,1H3;1H. The second kappa shape index (κ2) is 5.91. The first kappa shape index (κ1) is 11.3. The fourth-order valence-electron chi connectivity index (χ4n) is 0.853. The number of hydrogen-bond donors (Lipinski definition) is 1. The van der Waals surface area contributed by atoms with Crippen LogP contribution in [0.15, 0.2) is 18.7 Å². The molecule has 4 heteroatoms. The second-order valence-corrected chi connectivity index (χ2v) is 2.76. The van der Waals surface area contributed by atoms with Crippen molar-refractivity contribution in [3.05, 3.63) is 24.3 Å². The first-order valence-electron chi connectivity index (χ1n) is 3.78. The van der Waals surface area contributed by atoms with E-state index in [1.807, 2.05) is 19.3 Å². The monoisotopic (exact) mass is 187 g/mol. The van der Waals surface area contributed by atoms with E-state index in [4.69, 9.17) is 5.73 Å². The first-order chi connectivity index (χ1) is 5.29. The molecular formula is C8H14ClN3. The van der Waals surface area contributed by atoms with Gasteiger partial charge in [0.25, 0.3) is 0 Å². The topological polar surface area (TPSA) is 51.8 Å². The SMILES string of the molecule is CC(N)CCc1cncnc1.Cl. The molecule has 68 valence electrons. The summed E-state index contributed by atoms with van der Waals surface area (Å²) in [5.41, 5.74) is 6.76. The van der Waals surface area contributed by atoms with Crippen LogP contribution in [0.4, 0.5) is 0 Å². The molecule has 0 aliphatic rings. The van der Waals surface area contributed by atoms with Crippen LogP contribution in [0, 0.1) is 0 Å². The lowest BCUT2D eigenvalue weighted by atomic mass is 10.1. The Labute approximate surface area is 78.8 Å². The lowest BCUT2D eigenvalue weighted by molar-refractivity contribution is 0.663. The molecule has 0 radical (unpaired) electrons. The highest BCUT2D eigenvalue weighted by molar-refractivity contribution is 5.85. The van der Waals surface area contributed by atoms with Crippen LogP contribution in [0.2, 0.25) is 0 Å². The molecule has 3 nitrogen and oxygen atoms in total. The minimum Gasteiger partial charge on any atom is -0.328 e. The van der Waals surface area contributed by atoms with Crippen molar-refractivity contribution < 1.29 is 0 Å². The Morgan fingerprint density at radius 2 is 2.00 bits per heavy atom. The van der Waals surface area contributed by atoms with E-state index in [0.29, 0.717) is 0 Å². The van der Waals surface area contributed by atoms with Gasteiger partial charge in [0.2, 0.25) is 0 Å². The smallest absolute Gasteiger partial charge is 0.115 e. The van der Waals surface area contributed by atoms with Crippen LogP contribution in [-0.2, 0) is 6.42 Å². The van der Waals surface area contributed by atoms with Crippen LogP contribution in [0.25, 0.3) is 0 Å². The number of nitrogens with two attached hydrogens (primary N) is 1. The molecule has 12 heavy (non-hydrogen) atoms. The number of hydrogen-bond acceptors (Lipinski definition) is 3. The zero-order chi connectivity index (χ0) is 8.10. The predicted molar refractivity (Wildman–Crippen MR) is 51.3 cm³/mol. The van der Waals surface area contributed by atoms with E-state index < -0.39 is 0 Å². The quantitative estimate of drug-likeness (QED) is 0.773. The molecule has 0 fully saturated rings. The van der Waals surface area contributed by atoms with Gasteiger partial charge in [-0.1, -0.05) is 0 Å². The zero-order valence-electron chi connectivity index (χ0n) is 7.10. The Balaban J connectivity index is 0.00000121. The van der Waals surface area contributed by atoms with E-state index in [0.717, 1.165) is 18.4 Å². The summed E-state index contributed by atoms with van der Waals surface area (Å²) in [7, 11) is 0. The summed E-state index contributed by atoms with van der Waals surface area (Å²) in [4.78, 5) is 7.82. The first-order valence-corrected chi connectivity index (χ1v) is 3.78. The van der Waals surface area contributed by atoms with Crippen molar-refractivity contribution >= 4 is 12.4 Å². The summed E-state index contributed by atoms with van der Waals surface area (Å²) >= 11 is 0. The molecule has 1 aromatic rings. The van der Waals surface area contributed by atoms with Crippen LogP contribution < -0.4 is 5.73 Å². The van der Waals surface area contributed by atoms with Gasteiger partial charge in [-0.15, -0.1) is 12.4 Å². The molecule has 0 spiro atoms. The minimum atomic E-state index is 0. The van der Waals surface area contributed by atoms with E-state index in [1.54, 1.807) is 0 Å². The maximum Gasteiger partial charge on any atom is 0.115 e. The molecule has 0 aliphatic heterocycles. The van der Waals surface area contributed by atoms with Crippen LogP contribution in [-0.4, -0.2) is 16.0 Å². The van der Waals surface area contributed by atoms with E-state index >= 15 is 0 Å². The molecule has 0 aromatic carbocycles. The molecule has 0 aliphatic carbocycles. The van der Waals surface area contributed by atoms with Gasteiger partial charge in [-0.25, -0.2) is 9.97 Å². The van der Waals surface area contributed by atoms with Crippen LogP contribution in [0.5, 0.6) is 0 Å². The maximum absolute atomic E-state index is 5.60. The lowest BCUT2D eigenvalue weighted by Gasteiger charge is -2.02. The third-order valence-corrected chi connectivity index (χ3v) is 1.50. The van der Waals surface area contributed by atoms with Crippen molar-refractivity contribution in [1.82, 2.24) is 9.97 Å². The molecule has 2 N–H and O–H groups in total. The van der Waals surface area contributed by atoms with Crippen molar-refractivity contribution in [3.8, 4) is 0 Å². The van der Waals surface area contributed by atoms with Crippen LogP contribution in [0.3, 0.4) is 0 Å². The number of halogens is 1. The highest BCUT2D eigenvalue weighted by atomic mass is 35.5. The molecule has 1 heterocycles. The van der Waals surface area contributed by atoms with Gasteiger partial charge in [0, 0.05) is 18.4 Å². The van der Waals surface area contributed by atoms with Gasteiger partial charge in [0.15, 0.2) is 0 Å². The van der Waals surface area contributed by atoms with E-state index in [1.165, 1.54) is 6.33 Å². The average molecular weight is 188 g/mol. The van der Waals surface area contributed by atoms with Gasteiger partial charge in [0.1, 0.15) is 6.33 Å². The molecular weight excluding hydrogens is 174 g/mol. The predicted octanol–water partition coefficient (Wildman–Crippen LogP) is 1.18. The van der Waals surface area contributed by atoms with Gasteiger partial charge in [-0.3, -0.25) is 0 Å². The fourth-order valence-corrected chi connectivity index (χ4v) is 0.853. The normalized spacial score (nSPS) is 11.8. The molecule has 1 aromatic heterocycles. The van der Waals surface area contributed by atoms with Crippen molar-refractivity contribution in [2.75, 3.05) is 0 Å². The van der Waals surface area contributed by atoms with Gasteiger partial charge in [0.05, 0.1) is 0 Å². The Kier molecular flexibility index (Phi) is 5.58. The number of aryl methyl sites for hydroxylation is 1. The molecule has 0 bridgehead atoms. The number of nitrogens with zero attached hydrogens (tertiary/aromatic N) is 2. The third kappa shape index (κ3) is 4.26.